The van der Waals surface area contributed by atoms with E-state index in [1.54, 1.807) is 7.11 Å². The van der Waals surface area contributed by atoms with Crippen molar-refractivity contribution in [2.75, 3.05) is 25.6 Å². The molecule has 1 saturated heterocycles. The van der Waals surface area contributed by atoms with Crippen LogP contribution in [-0.2, 0) is 27.2 Å². The molecule has 2 aliphatic rings. The first-order valence-corrected chi connectivity index (χ1v) is 7.40. The van der Waals surface area contributed by atoms with Crippen molar-refractivity contribution >= 4 is 17.5 Å². The smallest absolute Gasteiger partial charge is 0.252 e. The van der Waals surface area contributed by atoms with E-state index in [-0.39, 0.29) is 18.2 Å². The number of nitrogens with zero attached hydrogens (tertiary/aromatic N) is 1. The average Bonchev–Trinajstić information content (AvgIpc) is 3.03. The fourth-order valence-corrected chi connectivity index (χ4v) is 3.08. The third-order valence-corrected chi connectivity index (χ3v) is 4.20. The summed E-state index contributed by atoms with van der Waals surface area (Å²) in [5, 5.41) is 3.20. The Morgan fingerprint density at radius 3 is 2.90 bits per heavy atom. The summed E-state index contributed by atoms with van der Waals surface area (Å²) in [5.74, 6) is -0.284. The highest BCUT2D eigenvalue weighted by Crippen LogP contribution is 2.26. The van der Waals surface area contributed by atoms with Gasteiger partial charge in [0.2, 0.25) is 5.91 Å². The molecule has 21 heavy (non-hydrogen) atoms. The van der Waals surface area contributed by atoms with Crippen molar-refractivity contribution in [2.45, 2.75) is 31.7 Å². The second-order valence-electron chi connectivity index (χ2n) is 5.61. The second-order valence-corrected chi connectivity index (χ2v) is 5.61. The molecule has 1 aliphatic carbocycles. The highest BCUT2D eigenvalue weighted by molar-refractivity contribution is 6.06. The second kappa shape index (κ2) is 5.85. The number of imide groups is 1. The predicted molar refractivity (Wildman–Crippen MR) is 79.1 cm³/mol. The van der Waals surface area contributed by atoms with Gasteiger partial charge in [-0.3, -0.25) is 14.5 Å². The van der Waals surface area contributed by atoms with Crippen LogP contribution in [0.2, 0.25) is 0 Å². The van der Waals surface area contributed by atoms with Gasteiger partial charge in [0.05, 0.1) is 19.6 Å². The van der Waals surface area contributed by atoms with Crippen molar-refractivity contribution in [3.8, 4) is 0 Å². The molecule has 5 nitrogen and oxygen atoms in total. The molecule has 0 saturated carbocycles. The van der Waals surface area contributed by atoms with Crippen molar-refractivity contribution < 1.29 is 14.3 Å². The average molecular weight is 288 g/mol. The highest BCUT2D eigenvalue weighted by Gasteiger charge is 2.38. The Labute approximate surface area is 124 Å². The van der Waals surface area contributed by atoms with Gasteiger partial charge < -0.3 is 10.1 Å². The number of aryl methyl sites for hydroxylation is 2. The van der Waals surface area contributed by atoms with E-state index in [1.165, 1.54) is 22.4 Å². The normalized spacial score (nSPS) is 21.0. The Morgan fingerprint density at radius 2 is 2.10 bits per heavy atom. The number of benzene rings is 1. The van der Waals surface area contributed by atoms with Crippen LogP contribution in [-0.4, -0.2) is 43.0 Å². The van der Waals surface area contributed by atoms with Crippen LogP contribution in [0.3, 0.4) is 0 Å². The van der Waals surface area contributed by atoms with Crippen LogP contribution in [0.25, 0.3) is 0 Å². The topological polar surface area (TPSA) is 58.6 Å². The molecule has 5 heteroatoms. The Kier molecular flexibility index (Phi) is 3.92. The van der Waals surface area contributed by atoms with Gasteiger partial charge >= 0.3 is 0 Å². The number of hydrogen-bond acceptors (Lipinski definition) is 4. The Hall–Kier alpha value is -1.88. The molecule has 1 heterocycles. The summed E-state index contributed by atoms with van der Waals surface area (Å²) in [5.41, 5.74) is 3.68. The number of carbonyl (C=O) groups excluding carboxylic acids is 2. The number of nitrogens with one attached hydrogen (secondary N) is 1. The van der Waals surface area contributed by atoms with Gasteiger partial charge in [-0.2, -0.15) is 0 Å². The third-order valence-electron chi connectivity index (χ3n) is 4.20. The van der Waals surface area contributed by atoms with E-state index in [4.69, 9.17) is 4.74 Å². The van der Waals surface area contributed by atoms with E-state index in [2.05, 4.69) is 17.4 Å². The van der Waals surface area contributed by atoms with Crippen molar-refractivity contribution in [3.63, 3.8) is 0 Å². The summed E-state index contributed by atoms with van der Waals surface area (Å²) in [6.07, 6.45) is 3.66. The van der Waals surface area contributed by atoms with E-state index in [1.807, 2.05) is 6.07 Å². The van der Waals surface area contributed by atoms with Crippen LogP contribution in [0.1, 0.15) is 24.0 Å². The first-order valence-electron chi connectivity index (χ1n) is 7.40. The number of methoxy groups -OCH3 is 1. The van der Waals surface area contributed by atoms with Crippen LogP contribution in [0.4, 0.5) is 5.69 Å². The maximum atomic E-state index is 12.2. The molecule has 1 fully saturated rings. The van der Waals surface area contributed by atoms with E-state index < -0.39 is 6.04 Å². The van der Waals surface area contributed by atoms with Crippen molar-refractivity contribution in [1.29, 1.82) is 0 Å². The fourth-order valence-electron chi connectivity index (χ4n) is 3.08. The van der Waals surface area contributed by atoms with E-state index >= 15 is 0 Å². The summed E-state index contributed by atoms with van der Waals surface area (Å²) >= 11 is 0. The molecule has 1 aliphatic heterocycles. The van der Waals surface area contributed by atoms with Crippen molar-refractivity contribution in [3.05, 3.63) is 29.3 Å². The standard InChI is InChI=1S/C16H20N2O3/c1-21-8-7-18-15(19)10-14(16(18)20)17-13-6-5-11-3-2-4-12(11)9-13/h5-6,9,14,17H,2-4,7-8,10H2,1H3/t14-/m1/s1. The lowest BCUT2D eigenvalue weighted by Crippen LogP contribution is -2.36. The molecule has 112 valence electrons. The number of amides is 2. The Balaban J connectivity index is 1.68. The van der Waals surface area contributed by atoms with Gasteiger partial charge in [0.15, 0.2) is 0 Å². The molecule has 0 bridgehead atoms. The van der Waals surface area contributed by atoms with E-state index in [9.17, 15) is 9.59 Å². The molecular weight excluding hydrogens is 268 g/mol. The fraction of sp³-hybridized carbons (Fsp3) is 0.500. The largest absolute Gasteiger partial charge is 0.383 e. The highest BCUT2D eigenvalue weighted by atomic mass is 16.5. The van der Waals surface area contributed by atoms with E-state index in [0.29, 0.717) is 13.2 Å². The van der Waals surface area contributed by atoms with Crippen LogP contribution in [0, 0.1) is 0 Å². The van der Waals surface area contributed by atoms with Crippen LogP contribution < -0.4 is 5.32 Å². The Morgan fingerprint density at radius 1 is 1.29 bits per heavy atom. The summed E-state index contributed by atoms with van der Waals surface area (Å²) < 4.78 is 4.94. The van der Waals surface area contributed by atoms with Crippen molar-refractivity contribution in [1.82, 2.24) is 4.90 Å². The molecular formula is C16H20N2O3. The SMILES string of the molecule is COCCN1C(=O)C[C@@H](Nc2ccc3c(c2)CCC3)C1=O. The van der Waals surface area contributed by atoms with Gasteiger partial charge in [0.25, 0.3) is 5.91 Å². The Bertz CT molecular complexity index is 571. The number of fused-ring (bicyclic) bond motifs is 1. The lowest BCUT2D eigenvalue weighted by Gasteiger charge is -2.16. The molecule has 0 radical (unpaired) electrons. The molecule has 1 aromatic carbocycles. The van der Waals surface area contributed by atoms with E-state index in [0.717, 1.165) is 18.5 Å². The molecule has 0 unspecified atom stereocenters. The molecule has 1 aromatic rings. The van der Waals surface area contributed by atoms with Crippen LogP contribution in [0.15, 0.2) is 18.2 Å². The van der Waals surface area contributed by atoms with Gasteiger partial charge in [-0.05, 0) is 42.5 Å². The zero-order valence-corrected chi connectivity index (χ0v) is 12.2. The summed E-state index contributed by atoms with van der Waals surface area (Å²) in [6, 6.07) is 5.78. The first-order chi connectivity index (χ1) is 10.2. The zero-order chi connectivity index (χ0) is 14.8. The minimum Gasteiger partial charge on any atom is -0.383 e. The zero-order valence-electron chi connectivity index (χ0n) is 12.2. The number of hydrogen-bond donors (Lipinski definition) is 1. The van der Waals surface area contributed by atoms with Gasteiger partial charge in [0.1, 0.15) is 6.04 Å². The minimum atomic E-state index is -0.450. The number of anilines is 1. The lowest BCUT2D eigenvalue weighted by molar-refractivity contribution is -0.139. The lowest BCUT2D eigenvalue weighted by atomic mass is 10.1. The maximum absolute atomic E-state index is 12.2. The van der Waals surface area contributed by atoms with Crippen molar-refractivity contribution in [2.24, 2.45) is 0 Å². The minimum absolute atomic E-state index is 0.129. The quantitative estimate of drug-likeness (QED) is 0.831. The number of likely N-dealkylation sites (tertiary alicyclic amines) is 1. The molecule has 0 aromatic heterocycles. The summed E-state index contributed by atoms with van der Waals surface area (Å²) in [4.78, 5) is 25.4. The monoisotopic (exact) mass is 288 g/mol. The van der Waals surface area contributed by atoms with Crippen LogP contribution >= 0.6 is 0 Å². The molecule has 2 amide bonds. The number of rotatable bonds is 5. The molecule has 1 atom stereocenters. The summed E-state index contributed by atoms with van der Waals surface area (Å²) in [7, 11) is 1.56. The molecule has 3 rings (SSSR count). The van der Waals surface area contributed by atoms with Gasteiger partial charge in [-0.15, -0.1) is 0 Å². The number of carbonyl (C=O) groups is 2. The van der Waals surface area contributed by atoms with Crippen LogP contribution in [0.5, 0.6) is 0 Å². The molecule has 1 N–H and O–H groups in total. The first kappa shape index (κ1) is 14.1. The molecule has 0 spiro atoms. The van der Waals surface area contributed by atoms with Gasteiger partial charge in [0, 0.05) is 12.8 Å². The third kappa shape index (κ3) is 2.78. The summed E-state index contributed by atoms with van der Waals surface area (Å²) in [6.45, 7) is 0.708. The number of ether oxygens (including phenoxy) is 1. The maximum Gasteiger partial charge on any atom is 0.252 e. The van der Waals surface area contributed by atoms with Gasteiger partial charge in [-0.25, -0.2) is 0 Å². The predicted octanol–water partition coefficient (Wildman–Crippen LogP) is 1.36. The van der Waals surface area contributed by atoms with Gasteiger partial charge in [-0.1, -0.05) is 6.07 Å².